The first-order valence-corrected chi connectivity index (χ1v) is 8.76. The topological polar surface area (TPSA) is 133 Å². The molecule has 30 heavy (non-hydrogen) atoms. The van der Waals surface area contributed by atoms with Crippen LogP contribution in [0.4, 0.5) is 41.6 Å². The molecule has 0 spiro atoms. The summed E-state index contributed by atoms with van der Waals surface area (Å²) in [6.07, 6.45) is -5.20. The molecule has 0 aliphatic heterocycles. The van der Waals surface area contributed by atoms with Crippen LogP contribution in [0, 0.1) is 37.3 Å². The highest BCUT2D eigenvalue weighted by atomic mass is 79.9. The van der Waals surface area contributed by atoms with Crippen LogP contribution in [0.2, 0.25) is 5.02 Å². The second-order valence-corrected chi connectivity index (χ2v) is 7.05. The first kappa shape index (κ1) is 23.3. The molecule has 0 saturated heterocycles. The Bertz CT molecular complexity index is 1100. The van der Waals surface area contributed by atoms with Crippen LogP contribution < -0.4 is 4.90 Å². The van der Waals surface area contributed by atoms with Crippen molar-refractivity contribution in [3.05, 3.63) is 69.2 Å². The molecule has 2 aromatic rings. The summed E-state index contributed by atoms with van der Waals surface area (Å²) in [6, 6.07) is 1.44. The Balaban J connectivity index is 2.94. The molecule has 0 amide bonds. The lowest BCUT2D eigenvalue weighted by Gasteiger charge is -2.25. The predicted molar refractivity (Wildman–Crippen MR) is 103 cm³/mol. The van der Waals surface area contributed by atoms with E-state index < -0.39 is 49.3 Å². The summed E-state index contributed by atoms with van der Waals surface area (Å²) >= 11 is 9.07. The molecule has 0 heterocycles. The second kappa shape index (κ2) is 8.02. The van der Waals surface area contributed by atoms with Gasteiger partial charge in [-0.1, -0.05) is 11.6 Å². The minimum absolute atomic E-state index is 0.00405. The van der Waals surface area contributed by atoms with Gasteiger partial charge in [-0.3, -0.25) is 30.3 Å². The number of benzene rings is 2. The zero-order chi connectivity index (χ0) is 23.1. The molecular weight excluding hydrogens is 505 g/mol. The Labute approximate surface area is 178 Å². The number of anilines is 2. The molecule has 0 fully saturated rings. The van der Waals surface area contributed by atoms with E-state index in [2.05, 4.69) is 15.9 Å². The SMILES string of the molecule is Cc1c([N+](=O)[O-])cc(Cl)c(N(C)c2c([N+](=O)[O-])cc([N+](=O)[O-])cc2C(F)(F)F)c1Br. The highest BCUT2D eigenvalue weighted by molar-refractivity contribution is 9.10. The fourth-order valence-corrected chi connectivity index (χ4v) is 3.84. The molecule has 0 saturated carbocycles. The van der Waals surface area contributed by atoms with Gasteiger partial charge in [0.05, 0.1) is 41.6 Å². The van der Waals surface area contributed by atoms with Gasteiger partial charge in [0.15, 0.2) is 0 Å². The van der Waals surface area contributed by atoms with E-state index in [9.17, 15) is 43.5 Å². The fourth-order valence-electron chi connectivity index (χ4n) is 2.72. The van der Waals surface area contributed by atoms with Crippen molar-refractivity contribution in [3.8, 4) is 0 Å². The third-order valence-corrected chi connectivity index (χ3v) is 5.32. The second-order valence-electron chi connectivity index (χ2n) is 5.85. The molecule has 15 heteroatoms. The lowest BCUT2D eigenvalue weighted by atomic mass is 10.1. The molecule has 0 bridgehead atoms. The molecule has 0 aliphatic rings. The lowest BCUT2D eigenvalue weighted by molar-refractivity contribution is -0.394. The summed E-state index contributed by atoms with van der Waals surface area (Å²) in [6.45, 7) is 1.30. The maximum atomic E-state index is 13.7. The van der Waals surface area contributed by atoms with Crippen molar-refractivity contribution in [1.82, 2.24) is 0 Å². The normalized spacial score (nSPS) is 11.3. The predicted octanol–water partition coefficient (Wildman–Crippen LogP) is 5.92. The Hall–Kier alpha value is -3.00. The number of nitro groups is 3. The summed E-state index contributed by atoms with van der Waals surface area (Å²) < 4.78 is 40.9. The van der Waals surface area contributed by atoms with Gasteiger partial charge in [-0.25, -0.2) is 0 Å². The summed E-state index contributed by atoms with van der Waals surface area (Å²) in [7, 11) is 1.01. The molecule has 0 aromatic heterocycles. The van der Waals surface area contributed by atoms with Gasteiger partial charge in [-0.2, -0.15) is 13.2 Å². The monoisotopic (exact) mass is 512 g/mol. The minimum atomic E-state index is -5.20. The smallest absolute Gasteiger partial charge is 0.336 e. The molecular formula is C15H9BrClF3N4O6. The molecule has 0 atom stereocenters. The Morgan fingerprint density at radius 2 is 1.50 bits per heavy atom. The van der Waals surface area contributed by atoms with Crippen molar-refractivity contribution < 1.29 is 27.9 Å². The number of alkyl halides is 3. The lowest BCUT2D eigenvalue weighted by Crippen LogP contribution is -2.20. The van der Waals surface area contributed by atoms with E-state index >= 15 is 0 Å². The third kappa shape index (κ3) is 4.14. The molecule has 0 unspecified atom stereocenters. The van der Waals surface area contributed by atoms with Gasteiger partial charge in [-0.05, 0) is 22.9 Å². The standard InChI is InChI=1S/C15H9BrClF3N4O6/c1-6-10(23(27)28)5-9(17)14(12(6)16)21(2)13-8(15(18,19)20)3-7(22(25)26)4-11(13)24(29)30/h3-5H,1-2H3. The average Bonchev–Trinajstić information content (AvgIpc) is 2.62. The van der Waals surface area contributed by atoms with Crippen LogP contribution in [-0.4, -0.2) is 21.8 Å². The minimum Gasteiger partial charge on any atom is -0.336 e. The Kier molecular flexibility index (Phi) is 6.23. The van der Waals surface area contributed by atoms with Gasteiger partial charge in [0.25, 0.3) is 17.1 Å². The Morgan fingerprint density at radius 3 is 1.93 bits per heavy atom. The third-order valence-electron chi connectivity index (χ3n) is 4.07. The summed E-state index contributed by atoms with van der Waals surface area (Å²) in [4.78, 5) is 31.1. The van der Waals surface area contributed by atoms with E-state index in [-0.39, 0.29) is 26.8 Å². The molecule has 0 N–H and O–H groups in total. The zero-order valence-corrected chi connectivity index (χ0v) is 17.2. The average molecular weight is 514 g/mol. The summed E-state index contributed by atoms with van der Waals surface area (Å²) in [5, 5.41) is 33.2. The molecule has 2 rings (SSSR count). The molecule has 160 valence electrons. The first-order chi connectivity index (χ1) is 13.7. The van der Waals surface area contributed by atoms with Crippen molar-refractivity contribution >= 4 is 56.0 Å². The van der Waals surface area contributed by atoms with E-state index in [1.807, 2.05) is 0 Å². The van der Waals surface area contributed by atoms with Crippen LogP contribution in [0.25, 0.3) is 0 Å². The number of nitro benzene ring substituents is 3. The molecule has 0 radical (unpaired) electrons. The molecule has 2 aromatic carbocycles. The maximum Gasteiger partial charge on any atom is 0.418 e. The highest BCUT2D eigenvalue weighted by Gasteiger charge is 2.42. The van der Waals surface area contributed by atoms with E-state index in [1.165, 1.54) is 6.92 Å². The van der Waals surface area contributed by atoms with E-state index in [4.69, 9.17) is 11.6 Å². The number of halogens is 5. The number of hydrogen-bond acceptors (Lipinski definition) is 7. The van der Waals surface area contributed by atoms with E-state index in [1.54, 1.807) is 0 Å². The van der Waals surface area contributed by atoms with Crippen molar-refractivity contribution in [2.75, 3.05) is 11.9 Å². The van der Waals surface area contributed by atoms with Crippen LogP contribution in [0.3, 0.4) is 0 Å². The van der Waals surface area contributed by atoms with Gasteiger partial charge in [0, 0.05) is 24.7 Å². The Morgan fingerprint density at radius 1 is 0.967 bits per heavy atom. The van der Waals surface area contributed by atoms with Crippen molar-refractivity contribution in [3.63, 3.8) is 0 Å². The van der Waals surface area contributed by atoms with Crippen molar-refractivity contribution in [1.29, 1.82) is 0 Å². The van der Waals surface area contributed by atoms with Gasteiger partial charge >= 0.3 is 6.18 Å². The van der Waals surface area contributed by atoms with Crippen molar-refractivity contribution in [2.24, 2.45) is 0 Å². The summed E-state index contributed by atoms with van der Waals surface area (Å²) in [5.41, 5.74) is -5.65. The number of non-ortho nitro benzene ring substituents is 1. The number of hydrogen-bond donors (Lipinski definition) is 0. The zero-order valence-electron chi connectivity index (χ0n) is 14.9. The first-order valence-electron chi connectivity index (χ1n) is 7.59. The largest absolute Gasteiger partial charge is 0.418 e. The van der Waals surface area contributed by atoms with Crippen LogP contribution in [0.15, 0.2) is 22.7 Å². The van der Waals surface area contributed by atoms with Crippen molar-refractivity contribution in [2.45, 2.75) is 13.1 Å². The maximum absolute atomic E-state index is 13.7. The van der Waals surface area contributed by atoms with Gasteiger partial charge < -0.3 is 4.90 Å². The summed E-state index contributed by atoms with van der Waals surface area (Å²) in [5.74, 6) is 0. The highest BCUT2D eigenvalue weighted by Crippen LogP contribution is 2.49. The van der Waals surface area contributed by atoms with Gasteiger partial charge in [0.1, 0.15) is 5.69 Å². The van der Waals surface area contributed by atoms with E-state index in [0.717, 1.165) is 13.1 Å². The van der Waals surface area contributed by atoms with Gasteiger partial charge in [-0.15, -0.1) is 0 Å². The fraction of sp³-hybridized carbons (Fsp3) is 0.200. The van der Waals surface area contributed by atoms with Crippen LogP contribution in [0.5, 0.6) is 0 Å². The van der Waals surface area contributed by atoms with Crippen LogP contribution in [-0.2, 0) is 6.18 Å². The number of rotatable bonds is 5. The van der Waals surface area contributed by atoms with Gasteiger partial charge in [0.2, 0.25) is 0 Å². The molecule has 10 nitrogen and oxygen atoms in total. The van der Waals surface area contributed by atoms with E-state index in [0.29, 0.717) is 11.0 Å². The van der Waals surface area contributed by atoms with Crippen LogP contribution in [0.1, 0.15) is 11.1 Å². The van der Waals surface area contributed by atoms with Crippen LogP contribution >= 0.6 is 27.5 Å². The molecule has 0 aliphatic carbocycles. The quantitative estimate of drug-likeness (QED) is 0.358. The number of nitrogens with zero attached hydrogens (tertiary/aromatic N) is 4.